The molecule has 62 valence electrons. The van der Waals surface area contributed by atoms with E-state index in [1.165, 1.54) is 0 Å². The fourth-order valence-electron chi connectivity index (χ4n) is 2.00. The smallest absolute Gasteiger partial charge is 0.0227 e. The van der Waals surface area contributed by atoms with E-state index in [1.807, 2.05) is 0 Å². The van der Waals surface area contributed by atoms with Gasteiger partial charge in [0.25, 0.3) is 0 Å². The highest BCUT2D eigenvalue weighted by molar-refractivity contribution is 5.01. The summed E-state index contributed by atoms with van der Waals surface area (Å²) in [6.07, 6.45) is 8.64. The lowest BCUT2D eigenvalue weighted by molar-refractivity contribution is 0.214. The van der Waals surface area contributed by atoms with E-state index in [2.05, 4.69) is 19.8 Å². The van der Waals surface area contributed by atoms with Crippen molar-refractivity contribution >= 4 is 0 Å². The Balaban J connectivity index is 2.56. The fraction of sp³-hybridized carbons (Fsp3) is 0.800. The molecule has 0 bridgehead atoms. The van der Waals surface area contributed by atoms with Crippen molar-refractivity contribution in [1.82, 2.24) is 0 Å². The minimum Gasteiger partial charge on any atom is -0.325 e. The molecule has 1 saturated carbocycles. The largest absolute Gasteiger partial charge is 0.325 e. The average molecular weight is 151 g/mol. The highest BCUT2D eigenvalue weighted by Gasteiger charge is 2.31. The summed E-state index contributed by atoms with van der Waals surface area (Å²) in [5.74, 6) is 3.90. The lowest BCUT2D eigenvalue weighted by atomic mass is 9.72. The van der Waals surface area contributed by atoms with Crippen molar-refractivity contribution in [3.63, 3.8) is 0 Å². The Labute approximate surface area is 69.4 Å². The predicted molar refractivity (Wildman–Crippen MR) is 47.9 cm³/mol. The van der Waals surface area contributed by atoms with Crippen LogP contribution in [0.3, 0.4) is 0 Å². The zero-order valence-corrected chi connectivity index (χ0v) is 7.43. The fourth-order valence-corrected chi connectivity index (χ4v) is 2.00. The van der Waals surface area contributed by atoms with E-state index in [1.54, 1.807) is 0 Å². The molecule has 0 aromatic heterocycles. The molecule has 3 unspecified atom stereocenters. The molecule has 0 saturated heterocycles. The number of hydrogen-bond acceptors (Lipinski definition) is 1. The van der Waals surface area contributed by atoms with E-state index in [9.17, 15) is 0 Å². The maximum Gasteiger partial charge on any atom is 0.0227 e. The Kier molecular flexibility index (Phi) is 2.25. The van der Waals surface area contributed by atoms with Gasteiger partial charge in [0.05, 0.1) is 0 Å². The van der Waals surface area contributed by atoms with E-state index in [-0.39, 0.29) is 5.54 Å². The molecule has 0 amide bonds. The minimum absolute atomic E-state index is 0.0345. The molecule has 11 heavy (non-hydrogen) atoms. The molecule has 0 radical (unpaired) electrons. The molecule has 3 atom stereocenters. The number of rotatable bonds is 0. The van der Waals surface area contributed by atoms with Crippen LogP contribution in [0, 0.1) is 24.2 Å². The van der Waals surface area contributed by atoms with Crippen molar-refractivity contribution in [3.05, 3.63) is 0 Å². The van der Waals surface area contributed by atoms with Crippen LogP contribution in [0.15, 0.2) is 0 Å². The van der Waals surface area contributed by atoms with E-state index in [0.29, 0.717) is 11.8 Å². The molecular formula is C10H17N. The number of hydrogen-bond donors (Lipinski definition) is 1. The van der Waals surface area contributed by atoms with Gasteiger partial charge in [0.1, 0.15) is 0 Å². The summed E-state index contributed by atoms with van der Waals surface area (Å²) in [6.45, 7) is 4.32. The molecule has 2 N–H and O–H groups in total. The maximum absolute atomic E-state index is 6.02. The topological polar surface area (TPSA) is 26.0 Å². The third-order valence-electron chi connectivity index (χ3n) is 2.72. The second-order valence-corrected chi connectivity index (χ2v) is 4.15. The zero-order valence-electron chi connectivity index (χ0n) is 7.43. The Morgan fingerprint density at radius 2 is 2.27 bits per heavy atom. The van der Waals surface area contributed by atoms with Crippen LogP contribution < -0.4 is 5.73 Å². The van der Waals surface area contributed by atoms with Gasteiger partial charge in [0.2, 0.25) is 0 Å². The molecule has 1 aliphatic rings. The van der Waals surface area contributed by atoms with Gasteiger partial charge < -0.3 is 5.73 Å². The summed E-state index contributed by atoms with van der Waals surface area (Å²) in [5.41, 5.74) is 6.05. The van der Waals surface area contributed by atoms with Crippen LogP contribution in [0.5, 0.6) is 0 Å². The first-order chi connectivity index (χ1) is 5.05. The second kappa shape index (κ2) is 2.87. The molecule has 0 aliphatic heterocycles. The van der Waals surface area contributed by atoms with E-state index in [0.717, 1.165) is 19.3 Å². The summed E-state index contributed by atoms with van der Waals surface area (Å²) in [7, 11) is 0. The Morgan fingerprint density at radius 1 is 1.64 bits per heavy atom. The number of terminal acetylenes is 1. The first kappa shape index (κ1) is 8.62. The SMILES string of the molecule is C#CC1CCC(C)(N)CC1C. The lowest BCUT2D eigenvalue weighted by Gasteiger charge is -2.36. The molecule has 0 heterocycles. The highest BCUT2D eigenvalue weighted by atomic mass is 14.7. The van der Waals surface area contributed by atoms with Gasteiger partial charge in [-0.1, -0.05) is 6.92 Å². The lowest BCUT2D eigenvalue weighted by Crippen LogP contribution is -2.43. The van der Waals surface area contributed by atoms with E-state index >= 15 is 0 Å². The molecule has 1 heteroatoms. The first-order valence-corrected chi connectivity index (χ1v) is 4.30. The monoisotopic (exact) mass is 151 g/mol. The number of nitrogens with two attached hydrogens (primary N) is 1. The van der Waals surface area contributed by atoms with Crippen molar-refractivity contribution in [2.24, 2.45) is 17.6 Å². The van der Waals surface area contributed by atoms with Gasteiger partial charge in [-0.3, -0.25) is 0 Å². The van der Waals surface area contributed by atoms with Gasteiger partial charge in [-0.2, -0.15) is 0 Å². The first-order valence-electron chi connectivity index (χ1n) is 4.30. The van der Waals surface area contributed by atoms with Gasteiger partial charge in [-0.05, 0) is 32.1 Å². The van der Waals surface area contributed by atoms with Crippen LogP contribution >= 0.6 is 0 Å². The van der Waals surface area contributed by atoms with Gasteiger partial charge in [0.15, 0.2) is 0 Å². The highest BCUT2D eigenvalue weighted by Crippen LogP contribution is 2.33. The minimum atomic E-state index is 0.0345. The summed E-state index contributed by atoms with van der Waals surface area (Å²) < 4.78 is 0. The predicted octanol–water partition coefficient (Wildman–Crippen LogP) is 1.77. The van der Waals surface area contributed by atoms with Gasteiger partial charge in [-0.15, -0.1) is 12.3 Å². The molecule has 0 aromatic rings. The van der Waals surface area contributed by atoms with Crippen LogP contribution in [-0.2, 0) is 0 Å². The summed E-state index contributed by atoms with van der Waals surface area (Å²) in [4.78, 5) is 0. The van der Waals surface area contributed by atoms with Gasteiger partial charge in [0, 0.05) is 11.5 Å². The third-order valence-corrected chi connectivity index (χ3v) is 2.72. The standard InChI is InChI=1S/C10H17N/c1-4-9-5-6-10(3,11)7-8(9)2/h1,8-9H,5-7,11H2,2-3H3. The Bertz CT molecular complexity index is 176. The summed E-state index contributed by atoms with van der Waals surface area (Å²) in [6, 6.07) is 0. The summed E-state index contributed by atoms with van der Waals surface area (Å²) >= 11 is 0. The van der Waals surface area contributed by atoms with Crippen LogP contribution in [0.25, 0.3) is 0 Å². The van der Waals surface area contributed by atoms with Crippen molar-refractivity contribution in [1.29, 1.82) is 0 Å². The van der Waals surface area contributed by atoms with Crippen molar-refractivity contribution in [3.8, 4) is 12.3 Å². The Hall–Kier alpha value is -0.480. The van der Waals surface area contributed by atoms with Crippen LogP contribution in [0.4, 0.5) is 0 Å². The third kappa shape index (κ3) is 1.97. The van der Waals surface area contributed by atoms with Gasteiger partial charge in [-0.25, -0.2) is 0 Å². The molecule has 1 fully saturated rings. The van der Waals surface area contributed by atoms with Crippen molar-refractivity contribution < 1.29 is 0 Å². The van der Waals surface area contributed by atoms with Crippen LogP contribution in [0.2, 0.25) is 0 Å². The molecular weight excluding hydrogens is 134 g/mol. The van der Waals surface area contributed by atoms with Crippen molar-refractivity contribution in [2.45, 2.75) is 38.6 Å². The average Bonchev–Trinajstić information content (AvgIpc) is 1.86. The molecule has 0 aromatic carbocycles. The maximum atomic E-state index is 6.02. The normalized spacial score (nSPS) is 44.9. The summed E-state index contributed by atoms with van der Waals surface area (Å²) in [5, 5.41) is 0. The van der Waals surface area contributed by atoms with E-state index in [4.69, 9.17) is 12.2 Å². The molecule has 1 aliphatic carbocycles. The van der Waals surface area contributed by atoms with Crippen molar-refractivity contribution in [2.75, 3.05) is 0 Å². The zero-order chi connectivity index (χ0) is 8.48. The molecule has 1 nitrogen and oxygen atoms in total. The molecule has 0 spiro atoms. The van der Waals surface area contributed by atoms with Gasteiger partial charge >= 0.3 is 0 Å². The van der Waals surface area contributed by atoms with Crippen LogP contribution in [-0.4, -0.2) is 5.54 Å². The van der Waals surface area contributed by atoms with Crippen LogP contribution in [0.1, 0.15) is 33.1 Å². The quantitative estimate of drug-likeness (QED) is 0.525. The molecule has 1 rings (SSSR count). The Morgan fingerprint density at radius 3 is 2.73 bits per heavy atom. The van der Waals surface area contributed by atoms with E-state index < -0.39 is 0 Å². The second-order valence-electron chi connectivity index (χ2n) is 4.15.